The molecule has 0 spiro atoms. The van der Waals surface area contributed by atoms with Crippen LogP contribution in [-0.4, -0.2) is 42.0 Å². The average Bonchev–Trinajstić information content (AvgIpc) is 2.96. The third-order valence-corrected chi connectivity index (χ3v) is 5.19. The number of rotatable bonds is 6. The summed E-state index contributed by atoms with van der Waals surface area (Å²) in [4.78, 5) is 27.1. The number of Topliss-reactive ketones (excluding diaryl/α,β-unsaturated/α-hetero) is 1. The SMILES string of the molecule is CCc1ccc(/C(O)=C2/C(=O)C(=O)N(CCOC)C2c2ccccc2C)cc1. The number of amides is 1. The normalized spacial score (nSPS) is 18.7. The quantitative estimate of drug-likeness (QED) is 0.473. The molecular formula is C23H25NO4. The fraction of sp³-hybridized carbons (Fsp3) is 0.304. The van der Waals surface area contributed by atoms with Crippen LogP contribution < -0.4 is 0 Å². The monoisotopic (exact) mass is 379 g/mol. The van der Waals surface area contributed by atoms with E-state index in [1.54, 1.807) is 19.2 Å². The van der Waals surface area contributed by atoms with E-state index in [-0.39, 0.29) is 17.9 Å². The topological polar surface area (TPSA) is 66.8 Å². The maximum atomic E-state index is 12.9. The van der Waals surface area contributed by atoms with Gasteiger partial charge in [-0.1, -0.05) is 55.5 Å². The molecule has 0 aromatic heterocycles. The Kier molecular flexibility index (Phi) is 5.95. The number of aliphatic hydroxyl groups excluding tert-OH is 1. The van der Waals surface area contributed by atoms with Gasteiger partial charge >= 0.3 is 0 Å². The van der Waals surface area contributed by atoms with E-state index in [1.165, 1.54) is 4.90 Å². The number of aliphatic hydroxyl groups is 1. The molecule has 3 rings (SSSR count). The summed E-state index contributed by atoms with van der Waals surface area (Å²) in [6.07, 6.45) is 0.881. The maximum absolute atomic E-state index is 12.9. The molecule has 0 radical (unpaired) electrons. The third kappa shape index (κ3) is 3.58. The van der Waals surface area contributed by atoms with Gasteiger partial charge in [0.25, 0.3) is 11.7 Å². The van der Waals surface area contributed by atoms with E-state index < -0.39 is 17.7 Å². The van der Waals surface area contributed by atoms with E-state index in [0.29, 0.717) is 12.2 Å². The summed E-state index contributed by atoms with van der Waals surface area (Å²) >= 11 is 0. The number of ketones is 1. The van der Waals surface area contributed by atoms with Gasteiger partial charge in [0.2, 0.25) is 0 Å². The Morgan fingerprint density at radius 1 is 1.11 bits per heavy atom. The molecule has 146 valence electrons. The van der Waals surface area contributed by atoms with Crippen LogP contribution in [0.3, 0.4) is 0 Å². The Morgan fingerprint density at radius 2 is 1.79 bits per heavy atom. The van der Waals surface area contributed by atoms with Crippen LogP contribution in [0.2, 0.25) is 0 Å². The first-order valence-corrected chi connectivity index (χ1v) is 9.41. The number of ether oxygens (including phenoxy) is 1. The van der Waals surface area contributed by atoms with Gasteiger partial charge in [-0.05, 0) is 30.0 Å². The van der Waals surface area contributed by atoms with Gasteiger partial charge < -0.3 is 14.7 Å². The second kappa shape index (κ2) is 8.40. The average molecular weight is 379 g/mol. The fourth-order valence-electron chi connectivity index (χ4n) is 3.57. The first-order chi connectivity index (χ1) is 13.5. The van der Waals surface area contributed by atoms with E-state index in [4.69, 9.17) is 4.74 Å². The first kappa shape index (κ1) is 19.8. The molecule has 5 heteroatoms. The lowest BCUT2D eigenvalue weighted by Gasteiger charge is -2.26. The van der Waals surface area contributed by atoms with E-state index in [9.17, 15) is 14.7 Å². The molecule has 1 saturated heterocycles. The van der Waals surface area contributed by atoms with Gasteiger partial charge in [0.05, 0.1) is 18.2 Å². The van der Waals surface area contributed by atoms with E-state index in [1.807, 2.05) is 50.2 Å². The molecule has 0 aliphatic carbocycles. The summed E-state index contributed by atoms with van der Waals surface area (Å²) in [5.41, 5.74) is 3.56. The highest BCUT2D eigenvalue weighted by atomic mass is 16.5. The van der Waals surface area contributed by atoms with Crippen molar-refractivity contribution in [3.05, 3.63) is 76.4 Å². The number of likely N-dealkylation sites (tertiary alicyclic amines) is 1. The van der Waals surface area contributed by atoms with Crippen LogP contribution in [0.15, 0.2) is 54.1 Å². The molecule has 1 heterocycles. The summed E-state index contributed by atoms with van der Waals surface area (Å²) in [7, 11) is 1.55. The molecule has 0 bridgehead atoms. The van der Waals surface area contributed by atoms with Crippen molar-refractivity contribution in [1.29, 1.82) is 0 Å². The molecule has 1 N–H and O–H groups in total. The predicted molar refractivity (Wildman–Crippen MR) is 108 cm³/mol. The van der Waals surface area contributed by atoms with Crippen LogP contribution >= 0.6 is 0 Å². The number of benzene rings is 2. The van der Waals surface area contributed by atoms with Crippen LogP contribution in [0, 0.1) is 6.92 Å². The zero-order valence-corrected chi connectivity index (χ0v) is 16.4. The molecule has 0 saturated carbocycles. The van der Waals surface area contributed by atoms with Crippen LogP contribution in [0.5, 0.6) is 0 Å². The smallest absolute Gasteiger partial charge is 0.295 e. The van der Waals surface area contributed by atoms with Crippen LogP contribution in [0.4, 0.5) is 0 Å². The zero-order valence-electron chi connectivity index (χ0n) is 16.4. The Balaban J connectivity index is 2.16. The number of carbonyl (C=O) groups is 2. The molecule has 28 heavy (non-hydrogen) atoms. The van der Waals surface area contributed by atoms with Gasteiger partial charge in [-0.2, -0.15) is 0 Å². The lowest BCUT2D eigenvalue weighted by molar-refractivity contribution is -0.140. The van der Waals surface area contributed by atoms with Gasteiger partial charge in [0.15, 0.2) is 0 Å². The van der Waals surface area contributed by atoms with Crippen molar-refractivity contribution >= 4 is 17.4 Å². The molecule has 1 unspecified atom stereocenters. The fourth-order valence-corrected chi connectivity index (χ4v) is 3.57. The van der Waals surface area contributed by atoms with E-state index in [2.05, 4.69) is 0 Å². The molecule has 2 aromatic carbocycles. The van der Waals surface area contributed by atoms with Crippen LogP contribution in [-0.2, 0) is 20.7 Å². The lowest BCUT2D eigenvalue weighted by atomic mass is 9.92. The first-order valence-electron chi connectivity index (χ1n) is 9.41. The molecule has 1 aliphatic heterocycles. The number of nitrogens with zero attached hydrogens (tertiary/aromatic N) is 1. The molecule has 2 aromatic rings. The van der Waals surface area contributed by atoms with Crippen molar-refractivity contribution in [2.24, 2.45) is 0 Å². The molecule has 5 nitrogen and oxygen atoms in total. The summed E-state index contributed by atoms with van der Waals surface area (Å²) in [5.74, 6) is -1.42. The predicted octanol–water partition coefficient (Wildman–Crippen LogP) is 3.63. The van der Waals surface area contributed by atoms with Gasteiger partial charge in [-0.25, -0.2) is 0 Å². The van der Waals surface area contributed by atoms with E-state index in [0.717, 1.165) is 23.1 Å². The van der Waals surface area contributed by atoms with Crippen molar-refractivity contribution in [2.75, 3.05) is 20.3 Å². The lowest BCUT2D eigenvalue weighted by Crippen LogP contribution is -2.32. The minimum Gasteiger partial charge on any atom is -0.507 e. The number of aryl methyl sites for hydroxylation is 2. The highest BCUT2D eigenvalue weighted by Crippen LogP contribution is 2.40. The number of hydrogen-bond acceptors (Lipinski definition) is 4. The standard InChI is InChI=1S/C23H25NO4/c1-4-16-9-11-17(12-10-16)21(25)19-20(18-8-6-5-7-15(18)2)24(13-14-28-3)23(27)22(19)26/h5-12,20,25H,4,13-14H2,1-3H3/b21-19-. The minimum atomic E-state index is -0.665. The van der Waals surface area contributed by atoms with Gasteiger partial charge in [-0.15, -0.1) is 0 Å². The third-order valence-electron chi connectivity index (χ3n) is 5.19. The zero-order chi connectivity index (χ0) is 20.3. The van der Waals surface area contributed by atoms with E-state index >= 15 is 0 Å². The van der Waals surface area contributed by atoms with Gasteiger partial charge in [0.1, 0.15) is 5.76 Å². The number of carbonyl (C=O) groups excluding carboxylic acids is 2. The van der Waals surface area contributed by atoms with Crippen molar-refractivity contribution in [3.8, 4) is 0 Å². The molecular weight excluding hydrogens is 354 g/mol. The maximum Gasteiger partial charge on any atom is 0.295 e. The summed E-state index contributed by atoms with van der Waals surface area (Å²) in [6, 6.07) is 14.4. The molecule has 1 atom stereocenters. The Bertz CT molecular complexity index is 914. The summed E-state index contributed by atoms with van der Waals surface area (Å²) in [6.45, 7) is 4.56. The number of hydrogen-bond donors (Lipinski definition) is 1. The van der Waals surface area contributed by atoms with Gasteiger partial charge in [-0.3, -0.25) is 9.59 Å². The van der Waals surface area contributed by atoms with Crippen LogP contribution in [0.1, 0.15) is 35.2 Å². The van der Waals surface area contributed by atoms with Crippen LogP contribution in [0.25, 0.3) is 5.76 Å². The second-order valence-electron chi connectivity index (χ2n) is 6.89. The van der Waals surface area contributed by atoms with Crippen molar-refractivity contribution in [3.63, 3.8) is 0 Å². The van der Waals surface area contributed by atoms with Crippen molar-refractivity contribution in [1.82, 2.24) is 4.90 Å². The highest BCUT2D eigenvalue weighted by Gasteiger charge is 2.46. The highest BCUT2D eigenvalue weighted by molar-refractivity contribution is 6.46. The molecule has 1 fully saturated rings. The van der Waals surface area contributed by atoms with Crippen molar-refractivity contribution in [2.45, 2.75) is 26.3 Å². The Morgan fingerprint density at radius 3 is 2.39 bits per heavy atom. The second-order valence-corrected chi connectivity index (χ2v) is 6.89. The number of methoxy groups -OCH3 is 1. The largest absolute Gasteiger partial charge is 0.507 e. The Labute approximate surface area is 165 Å². The summed E-state index contributed by atoms with van der Waals surface area (Å²) < 4.78 is 5.12. The minimum absolute atomic E-state index is 0.125. The summed E-state index contributed by atoms with van der Waals surface area (Å²) in [5, 5.41) is 11.0. The molecule has 1 amide bonds. The van der Waals surface area contributed by atoms with Gasteiger partial charge in [0, 0.05) is 19.2 Å². The Hall–Kier alpha value is -2.92. The molecule has 1 aliphatic rings. The van der Waals surface area contributed by atoms with Crippen molar-refractivity contribution < 1.29 is 19.4 Å².